The SMILES string of the molecule is COc1cc(C2N=C2c2ccc3ccccc3c2)cc(OC)c1OC. The molecule has 0 N–H and O–H groups in total. The highest BCUT2D eigenvalue weighted by Crippen LogP contribution is 2.44. The first kappa shape index (κ1) is 15.5. The van der Waals surface area contributed by atoms with E-state index < -0.39 is 0 Å². The molecule has 1 aliphatic heterocycles. The quantitative estimate of drug-likeness (QED) is 0.694. The molecule has 4 nitrogen and oxygen atoms in total. The molecular weight excluding hydrogens is 314 g/mol. The lowest BCUT2D eigenvalue weighted by Crippen LogP contribution is -1.99. The summed E-state index contributed by atoms with van der Waals surface area (Å²) in [6.45, 7) is 0. The Morgan fingerprint density at radius 2 is 1.44 bits per heavy atom. The van der Waals surface area contributed by atoms with Gasteiger partial charge in [0.1, 0.15) is 6.04 Å². The zero-order valence-corrected chi connectivity index (χ0v) is 14.4. The number of benzene rings is 3. The van der Waals surface area contributed by atoms with Crippen LogP contribution in [0.3, 0.4) is 0 Å². The van der Waals surface area contributed by atoms with Crippen molar-refractivity contribution in [3.63, 3.8) is 0 Å². The van der Waals surface area contributed by atoms with Crippen molar-refractivity contribution in [3.05, 3.63) is 65.7 Å². The molecule has 4 heteroatoms. The molecule has 1 heterocycles. The van der Waals surface area contributed by atoms with E-state index in [0.29, 0.717) is 17.2 Å². The summed E-state index contributed by atoms with van der Waals surface area (Å²) in [5, 5.41) is 2.45. The largest absolute Gasteiger partial charge is 0.493 e. The van der Waals surface area contributed by atoms with Crippen LogP contribution in [0.1, 0.15) is 17.2 Å². The first-order chi connectivity index (χ1) is 12.2. The van der Waals surface area contributed by atoms with Gasteiger partial charge in [0.05, 0.1) is 27.0 Å². The summed E-state index contributed by atoms with van der Waals surface area (Å²) in [7, 11) is 4.85. The van der Waals surface area contributed by atoms with Gasteiger partial charge >= 0.3 is 0 Å². The third-order valence-electron chi connectivity index (χ3n) is 4.51. The molecule has 0 radical (unpaired) electrons. The average Bonchev–Trinajstić information content (AvgIpc) is 3.47. The summed E-state index contributed by atoms with van der Waals surface area (Å²) >= 11 is 0. The molecule has 0 spiro atoms. The number of hydrogen-bond acceptors (Lipinski definition) is 4. The maximum atomic E-state index is 5.44. The van der Waals surface area contributed by atoms with Gasteiger partial charge in [0.25, 0.3) is 0 Å². The molecule has 1 atom stereocenters. The number of ether oxygens (including phenoxy) is 3. The molecular formula is C21H19NO3. The molecule has 126 valence electrons. The van der Waals surface area contributed by atoms with Gasteiger partial charge in [-0.15, -0.1) is 0 Å². The molecule has 3 aromatic carbocycles. The number of hydrogen-bond donors (Lipinski definition) is 0. The Hall–Kier alpha value is -3.01. The first-order valence-corrected chi connectivity index (χ1v) is 8.12. The fourth-order valence-electron chi connectivity index (χ4n) is 3.17. The van der Waals surface area contributed by atoms with Crippen molar-refractivity contribution >= 4 is 16.5 Å². The van der Waals surface area contributed by atoms with Crippen LogP contribution < -0.4 is 14.2 Å². The zero-order chi connectivity index (χ0) is 17.4. The minimum Gasteiger partial charge on any atom is -0.493 e. The molecule has 0 aromatic heterocycles. The zero-order valence-electron chi connectivity index (χ0n) is 14.4. The lowest BCUT2D eigenvalue weighted by Gasteiger charge is -2.13. The van der Waals surface area contributed by atoms with E-state index in [-0.39, 0.29) is 6.04 Å². The highest BCUT2D eigenvalue weighted by Gasteiger charge is 2.32. The molecule has 0 amide bonds. The Morgan fingerprint density at radius 3 is 2.08 bits per heavy atom. The minimum absolute atomic E-state index is 0.0369. The van der Waals surface area contributed by atoms with E-state index in [2.05, 4.69) is 47.5 Å². The summed E-state index contributed by atoms with van der Waals surface area (Å²) in [5.41, 5.74) is 3.27. The van der Waals surface area contributed by atoms with Crippen molar-refractivity contribution in [2.45, 2.75) is 6.04 Å². The highest BCUT2D eigenvalue weighted by molar-refractivity contribution is 6.15. The van der Waals surface area contributed by atoms with Crippen LogP contribution in [-0.4, -0.2) is 27.0 Å². The van der Waals surface area contributed by atoms with Crippen LogP contribution in [-0.2, 0) is 0 Å². The van der Waals surface area contributed by atoms with Crippen LogP contribution in [0.15, 0.2) is 59.6 Å². The molecule has 0 bridgehead atoms. The Kier molecular flexibility index (Phi) is 3.80. The van der Waals surface area contributed by atoms with Gasteiger partial charge in [-0.3, -0.25) is 4.99 Å². The third-order valence-corrected chi connectivity index (χ3v) is 4.51. The van der Waals surface area contributed by atoms with Gasteiger partial charge in [-0.1, -0.05) is 36.4 Å². The number of rotatable bonds is 5. The molecule has 1 aliphatic rings. The van der Waals surface area contributed by atoms with Crippen molar-refractivity contribution in [1.82, 2.24) is 0 Å². The second kappa shape index (κ2) is 6.13. The number of nitrogens with zero attached hydrogens (tertiary/aromatic N) is 1. The van der Waals surface area contributed by atoms with Gasteiger partial charge in [-0.05, 0) is 40.1 Å². The van der Waals surface area contributed by atoms with Crippen molar-refractivity contribution < 1.29 is 14.2 Å². The number of fused-ring (bicyclic) bond motifs is 1. The van der Waals surface area contributed by atoms with Crippen molar-refractivity contribution in [1.29, 1.82) is 0 Å². The van der Waals surface area contributed by atoms with Gasteiger partial charge in [0.15, 0.2) is 11.5 Å². The molecule has 0 saturated carbocycles. The van der Waals surface area contributed by atoms with Crippen molar-refractivity contribution in [3.8, 4) is 17.2 Å². The van der Waals surface area contributed by atoms with Gasteiger partial charge in [-0.2, -0.15) is 0 Å². The molecule has 25 heavy (non-hydrogen) atoms. The monoisotopic (exact) mass is 333 g/mol. The normalized spacial score (nSPS) is 15.6. The van der Waals surface area contributed by atoms with Crippen molar-refractivity contribution in [2.75, 3.05) is 21.3 Å². The standard InChI is InChI=1S/C21H19NO3/c1-23-17-11-16(12-18(24-2)21(17)25-3)20-19(22-20)15-9-8-13-6-4-5-7-14(13)10-15/h4-12,20H,1-3H3. The maximum absolute atomic E-state index is 5.44. The van der Waals surface area contributed by atoms with Crippen LogP contribution in [0.2, 0.25) is 0 Å². The summed E-state index contributed by atoms with van der Waals surface area (Å²) in [6, 6.07) is 18.7. The lowest BCUT2D eigenvalue weighted by molar-refractivity contribution is 0.324. The van der Waals surface area contributed by atoms with Crippen molar-refractivity contribution in [2.24, 2.45) is 4.99 Å². The fourth-order valence-corrected chi connectivity index (χ4v) is 3.17. The van der Waals surface area contributed by atoms with Crippen LogP contribution in [0.4, 0.5) is 0 Å². The molecule has 0 fully saturated rings. The third kappa shape index (κ3) is 2.70. The van der Waals surface area contributed by atoms with E-state index in [1.807, 2.05) is 12.1 Å². The highest BCUT2D eigenvalue weighted by atomic mass is 16.5. The second-order valence-electron chi connectivity index (χ2n) is 5.94. The average molecular weight is 333 g/mol. The lowest BCUT2D eigenvalue weighted by atomic mass is 10.0. The predicted octanol–water partition coefficient (Wildman–Crippen LogP) is 4.41. The Labute approximate surface area is 146 Å². The van der Waals surface area contributed by atoms with Crippen LogP contribution >= 0.6 is 0 Å². The summed E-state index contributed by atoms with van der Waals surface area (Å²) in [5.74, 6) is 1.90. The number of aliphatic imine (C=N–C) groups is 1. The Bertz CT molecular complexity index is 953. The van der Waals surface area contributed by atoms with Gasteiger partial charge in [0, 0.05) is 0 Å². The Balaban J connectivity index is 1.66. The van der Waals surface area contributed by atoms with E-state index >= 15 is 0 Å². The van der Waals surface area contributed by atoms with E-state index in [1.54, 1.807) is 21.3 Å². The van der Waals surface area contributed by atoms with E-state index in [4.69, 9.17) is 14.2 Å². The van der Waals surface area contributed by atoms with Crippen LogP contribution in [0.25, 0.3) is 10.8 Å². The fraction of sp³-hybridized carbons (Fsp3) is 0.190. The van der Waals surface area contributed by atoms with Gasteiger partial charge in [-0.25, -0.2) is 0 Å². The first-order valence-electron chi connectivity index (χ1n) is 8.12. The molecule has 1 unspecified atom stereocenters. The summed E-state index contributed by atoms with van der Waals surface area (Å²) in [4.78, 5) is 4.67. The summed E-state index contributed by atoms with van der Waals surface area (Å²) < 4.78 is 16.3. The smallest absolute Gasteiger partial charge is 0.203 e. The van der Waals surface area contributed by atoms with E-state index in [1.165, 1.54) is 10.8 Å². The Morgan fingerprint density at radius 1 is 0.760 bits per heavy atom. The number of methoxy groups -OCH3 is 3. The van der Waals surface area contributed by atoms with Gasteiger partial charge in [0.2, 0.25) is 5.75 Å². The second-order valence-corrected chi connectivity index (χ2v) is 5.94. The molecule has 3 aromatic rings. The van der Waals surface area contributed by atoms with Crippen LogP contribution in [0, 0.1) is 0 Å². The predicted molar refractivity (Wildman–Crippen MR) is 99.3 cm³/mol. The van der Waals surface area contributed by atoms with E-state index in [0.717, 1.165) is 16.8 Å². The van der Waals surface area contributed by atoms with Gasteiger partial charge < -0.3 is 14.2 Å². The summed E-state index contributed by atoms with van der Waals surface area (Å²) in [6.07, 6.45) is 0. The van der Waals surface area contributed by atoms with Crippen LogP contribution in [0.5, 0.6) is 17.2 Å². The maximum Gasteiger partial charge on any atom is 0.203 e. The molecule has 0 aliphatic carbocycles. The molecule has 0 saturated heterocycles. The molecule has 4 rings (SSSR count). The topological polar surface area (TPSA) is 40.0 Å². The minimum atomic E-state index is 0.0369. The van der Waals surface area contributed by atoms with E-state index in [9.17, 15) is 0 Å².